The van der Waals surface area contributed by atoms with Crippen LogP contribution in [0.15, 0.2) is 30.3 Å². The molecule has 104 valence electrons. The van der Waals surface area contributed by atoms with Crippen LogP contribution in [-0.2, 0) is 0 Å². The van der Waals surface area contributed by atoms with Gasteiger partial charge in [0.2, 0.25) is 0 Å². The lowest BCUT2D eigenvalue weighted by Gasteiger charge is -2.10. The average Bonchev–Trinajstić information content (AvgIpc) is 2.33. The number of amides is 1. The van der Waals surface area contributed by atoms with E-state index in [-0.39, 0.29) is 5.69 Å². The molecule has 0 aliphatic rings. The Bertz CT molecular complexity index is 646. The minimum atomic E-state index is -1.10. The van der Waals surface area contributed by atoms with Gasteiger partial charge in [0.15, 0.2) is 5.82 Å². The van der Waals surface area contributed by atoms with Crippen molar-refractivity contribution in [2.75, 3.05) is 11.1 Å². The number of benzene rings is 2. The molecule has 4 nitrogen and oxygen atoms in total. The van der Waals surface area contributed by atoms with E-state index in [9.17, 15) is 23.1 Å². The van der Waals surface area contributed by atoms with Gasteiger partial charge in [0.1, 0.15) is 28.6 Å². The zero-order valence-electron chi connectivity index (χ0n) is 9.95. The Balaban J connectivity index is 2.38. The molecule has 0 bridgehead atoms. The molecule has 1 amide bonds. The van der Waals surface area contributed by atoms with Crippen LogP contribution < -0.4 is 11.1 Å². The molecule has 7 heteroatoms. The summed E-state index contributed by atoms with van der Waals surface area (Å²) in [5.41, 5.74) is 3.87. The molecule has 4 N–H and O–H groups in total. The monoisotopic (exact) mass is 282 g/mol. The van der Waals surface area contributed by atoms with Crippen molar-refractivity contribution in [3.8, 4) is 5.75 Å². The highest BCUT2D eigenvalue weighted by atomic mass is 19.1. The number of aromatic hydroxyl groups is 1. The molecule has 0 aromatic heterocycles. The number of nitrogens with two attached hydrogens (primary N) is 1. The Morgan fingerprint density at radius 2 is 1.85 bits per heavy atom. The summed E-state index contributed by atoms with van der Waals surface area (Å²) in [7, 11) is 0. The number of anilines is 2. The molecule has 0 saturated heterocycles. The number of rotatable bonds is 2. The summed E-state index contributed by atoms with van der Waals surface area (Å²) in [6.07, 6.45) is 0. The number of carbonyl (C=O) groups excluding carboxylic acids is 1. The van der Waals surface area contributed by atoms with Crippen molar-refractivity contribution in [1.29, 1.82) is 0 Å². The van der Waals surface area contributed by atoms with Crippen LogP contribution in [0.4, 0.5) is 24.5 Å². The van der Waals surface area contributed by atoms with E-state index in [4.69, 9.17) is 5.73 Å². The minimum absolute atomic E-state index is 0.355. The lowest BCUT2D eigenvalue weighted by atomic mass is 10.1. The number of hydrogen-bond donors (Lipinski definition) is 3. The lowest BCUT2D eigenvalue weighted by molar-refractivity contribution is 0.102. The van der Waals surface area contributed by atoms with Gasteiger partial charge in [-0.15, -0.1) is 0 Å². The fourth-order valence-corrected chi connectivity index (χ4v) is 1.64. The van der Waals surface area contributed by atoms with Crippen molar-refractivity contribution < 1.29 is 23.1 Å². The van der Waals surface area contributed by atoms with E-state index in [1.807, 2.05) is 5.32 Å². The van der Waals surface area contributed by atoms with Crippen LogP contribution in [0.5, 0.6) is 5.75 Å². The van der Waals surface area contributed by atoms with Gasteiger partial charge >= 0.3 is 0 Å². The third-order valence-corrected chi connectivity index (χ3v) is 2.54. The highest BCUT2D eigenvalue weighted by Crippen LogP contribution is 2.26. The molecule has 2 rings (SSSR count). The Morgan fingerprint density at radius 3 is 2.45 bits per heavy atom. The second-order valence-electron chi connectivity index (χ2n) is 3.94. The fraction of sp³-hybridized carbons (Fsp3) is 0. The first-order valence-corrected chi connectivity index (χ1v) is 5.43. The standard InChI is InChI=1S/C13H9F3N2O2/c14-6-4-8(16)12(9(17)5-6)18-13(20)11-7(15)2-1-3-10(11)19/h1-5,19H,17H2,(H,18,20). The second-order valence-corrected chi connectivity index (χ2v) is 3.94. The summed E-state index contributed by atoms with van der Waals surface area (Å²) < 4.78 is 39.8. The summed E-state index contributed by atoms with van der Waals surface area (Å²) in [4.78, 5) is 11.8. The van der Waals surface area contributed by atoms with Crippen LogP contribution in [0.3, 0.4) is 0 Å². The van der Waals surface area contributed by atoms with Crippen LogP contribution in [-0.4, -0.2) is 11.0 Å². The number of nitrogens with one attached hydrogen (secondary N) is 1. The number of carbonyl (C=O) groups is 1. The molecular weight excluding hydrogens is 273 g/mol. The molecule has 2 aromatic carbocycles. The molecule has 0 unspecified atom stereocenters. The number of phenolic OH excluding ortho intramolecular Hbond substituents is 1. The van der Waals surface area contributed by atoms with Crippen LogP contribution >= 0.6 is 0 Å². The zero-order valence-corrected chi connectivity index (χ0v) is 9.95. The summed E-state index contributed by atoms with van der Waals surface area (Å²) in [6, 6.07) is 4.59. The summed E-state index contributed by atoms with van der Waals surface area (Å²) >= 11 is 0. The SMILES string of the molecule is Nc1cc(F)cc(F)c1NC(=O)c1c(O)cccc1F. The van der Waals surface area contributed by atoms with Crippen molar-refractivity contribution in [2.45, 2.75) is 0 Å². The van der Waals surface area contributed by atoms with Gasteiger partial charge in [-0.2, -0.15) is 0 Å². The van der Waals surface area contributed by atoms with Crippen molar-refractivity contribution in [1.82, 2.24) is 0 Å². The van der Waals surface area contributed by atoms with Gasteiger partial charge in [0.25, 0.3) is 5.91 Å². The molecule has 0 fully saturated rings. The highest BCUT2D eigenvalue weighted by molar-refractivity contribution is 6.07. The van der Waals surface area contributed by atoms with Gasteiger partial charge in [-0.3, -0.25) is 4.79 Å². The predicted molar refractivity (Wildman–Crippen MR) is 66.8 cm³/mol. The second kappa shape index (κ2) is 5.12. The minimum Gasteiger partial charge on any atom is -0.507 e. The first-order valence-electron chi connectivity index (χ1n) is 5.43. The molecule has 0 atom stereocenters. The van der Waals surface area contributed by atoms with Gasteiger partial charge in [0.05, 0.1) is 5.69 Å². The Morgan fingerprint density at radius 1 is 1.15 bits per heavy atom. The van der Waals surface area contributed by atoms with E-state index in [1.165, 1.54) is 6.07 Å². The molecule has 0 heterocycles. The molecule has 0 spiro atoms. The first kappa shape index (κ1) is 13.7. The van der Waals surface area contributed by atoms with Gasteiger partial charge in [-0.1, -0.05) is 6.07 Å². The normalized spacial score (nSPS) is 10.3. The zero-order chi connectivity index (χ0) is 14.9. The molecular formula is C13H9F3N2O2. The molecule has 0 aliphatic heterocycles. The largest absolute Gasteiger partial charge is 0.507 e. The van der Waals surface area contributed by atoms with Crippen molar-refractivity contribution in [3.63, 3.8) is 0 Å². The van der Waals surface area contributed by atoms with E-state index in [2.05, 4.69) is 0 Å². The predicted octanol–water partition coefficient (Wildman–Crippen LogP) is 2.64. The van der Waals surface area contributed by atoms with E-state index >= 15 is 0 Å². The van der Waals surface area contributed by atoms with E-state index in [0.717, 1.165) is 18.2 Å². The smallest absolute Gasteiger partial charge is 0.262 e. The molecule has 0 radical (unpaired) electrons. The quantitative estimate of drug-likeness (QED) is 0.741. The van der Waals surface area contributed by atoms with E-state index < -0.39 is 40.4 Å². The number of phenols is 1. The topological polar surface area (TPSA) is 75.3 Å². The van der Waals surface area contributed by atoms with Gasteiger partial charge < -0.3 is 16.2 Å². The van der Waals surface area contributed by atoms with Crippen molar-refractivity contribution >= 4 is 17.3 Å². The van der Waals surface area contributed by atoms with E-state index in [1.54, 1.807) is 0 Å². The maximum Gasteiger partial charge on any atom is 0.262 e. The molecule has 2 aromatic rings. The average molecular weight is 282 g/mol. The maximum absolute atomic E-state index is 13.5. The number of hydrogen-bond acceptors (Lipinski definition) is 3. The Hall–Kier alpha value is -2.70. The third-order valence-electron chi connectivity index (χ3n) is 2.54. The summed E-state index contributed by atoms with van der Waals surface area (Å²) in [5, 5.41) is 11.4. The number of halogens is 3. The number of nitrogen functional groups attached to an aromatic ring is 1. The van der Waals surface area contributed by atoms with Crippen molar-refractivity contribution in [2.24, 2.45) is 0 Å². The van der Waals surface area contributed by atoms with Crippen LogP contribution in [0.2, 0.25) is 0 Å². The van der Waals surface area contributed by atoms with Gasteiger partial charge in [0, 0.05) is 6.07 Å². The molecule has 20 heavy (non-hydrogen) atoms. The van der Waals surface area contributed by atoms with E-state index in [0.29, 0.717) is 6.07 Å². The summed E-state index contributed by atoms with van der Waals surface area (Å²) in [5.74, 6) is -4.71. The van der Waals surface area contributed by atoms with Crippen molar-refractivity contribution in [3.05, 3.63) is 53.3 Å². The third kappa shape index (κ3) is 2.51. The first-order chi connectivity index (χ1) is 9.40. The van der Waals surface area contributed by atoms with Crippen LogP contribution in [0, 0.1) is 17.5 Å². The highest BCUT2D eigenvalue weighted by Gasteiger charge is 2.19. The van der Waals surface area contributed by atoms with Crippen LogP contribution in [0.1, 0.15) is 10.4 Å². The van der Waals surface area contributed by atoms with Gasteiger partial charge in [-0.05, 0) is 18.2 Å². The summed E-state index contributed by atoms with van der Waals surface area (Å²) in [6.45, 7) is 0. The fourth-order valence-electron chi connectivity index (χ4n) is 1.64. The Kier molecular flexibility index (Phi) is 3.51. The maximum atomic E-state index is 13.5. The molecule has 0 aliphatic carbocycles. The lowest BCUT2D eigenvalue weighted by Crippen LogP contribution is -2.16. The van der Waals surface area contributed by atoms with Gasteiger partial charge in [-0.25, -0.2) is 13.2 Å². The molecule has 0 saturated carbocycles. The van der Waals surface area contributed by atoms with Crippen LogP contribution in [0.25, 0.3) is 0 Å². The Labute approximate surface area is 111 Å².